The number of nitrogens with one attached hydrogen (secondary N) is 1. The molecule has 2 heterocycles. The van der Waals surface area contributed by atoms with E-state index in [-0.39, 0.29) is 12.3 Å². The number of aromatic nitrogens is 1. The van der Waals surface area contributed by atoms with E-state index in [1.807, 2.05) is 37.3 Å². The van der Waals surface area contributed by atoms with Crippen LogP contribution in [0.1, 0.15) is 41.6 Å². The van der Waals surface area contributed by atoms with Crippen LogP contribution in [0, 0.1) is 12.8 Å². The molecule has 0 atom stereocenters. The van der Waals surface area contributed by atoms with Crippen LogP contribution in [0.15, 0.2) is 42.6 Å². The van der Waals surface area contributed by atoms with Crippen LogP contribution in [0.25, 0.3) is 0 Å². The SMILES string of the molecule is Cc1ccc(NC(=O)c2ccc(N3CCC(CCC(=O)O)CC3)nc2)cc1. The molecule has 1 aromatic heterocycles. The van der Waals surface area contributed by atoms with Gasteiger partial charge in [0.25, 0.3) is 5.91 Å². The number of carboxylic acids is 1. The maximum Gasteiger partial charge on any atom is 0.303 e. The number of hydrogen-bond acceptors (Lipinski definition) is 4. The van der Waals surface area contributed by atoms with Crippen molar-refractivity contribution in [3.8, 4) is 0 Å². The van der Waals surface area contributed by atoms with Gasteiger partial charge in [-0.3, -0.25) is 9.59 Å². The Kier molecular flexibility index (Phi) is 6.06. The Morgan fingerprint density at radius 1 is 1.15 bits per heavy atom. The van der Waals surface area contributed by atoms with Crippen molar-refractivity contribution in [2.45, 2.75) is 32.6 Å². The predicted octanol–water partition coefficient (Wildman–Crippen LogP) is 3.72. The summed E-state index contributed by atoms with van der Waals surface area (Å²) >= 11 is 0. The number of carbonyl (C=O) groups is 2. The lowest BCUT2D eigenvalue weighted by Gasteiger charge is -2.32. The maximum absolute atomic E-state index is 12.3. The molecule has 0 radical (unpaired) electrons. The average Bonchev–Trinajstić information content (AvgIpc) is 2.68. The van der Waals surface area contributed by atoms with Gasteiger partial charge < -0.3 is 15.3 Å². The minimum atomic E-state index is -0.724. The van der Waals surface area contributed by atoms with Gasteiger partial charge in [0, 0.05) is 31.4 Å². The summed E-state index contributed by atoms with van der Waals surface area (Å²) in [5.74, 6) is 0.430. The number of carboxylic acid groups (broad SMARTS) is 1. The second kappa shape index (κ2) is 8.66. The zero-order valence-corrected chi connectivity index (χ0v) is 15.5. The third-order valence-electron chi connectivity index (χ3n) is 5.02. The molecule has 27 heavy (non-hydrogen) atoms. The van der Waals surface area contributed by atoms with E-state index in [4.69, 9.17) is 5.11 Å². The smallest absolute Gasteiger partial charge is 0.303 e. The van der Waals surface area contributed by atoms with Gasteiger partial charge in [-0.05, 0) is 56.4 Å². The third kappa shape index (κ3) is 5.29. The first-order valence-corrected chi connectivity index (χ1v) is 9.32. The Bertz CT molecular complexity index is 779. The number of hydrogen-bond donors (Lipinski definition) is 2. The molecule has 1 aliphatic rings. The quantitative estimate of drug-likeness (QED) is 0.813. The van der Waals surface area contributed by atoms with Crippen molar-refractivity contribution in [2.75, 3.05) is 23.3 Å². The molecule has 0 bridgehead atoms. The number of amides is 1. The molecule has 0 spiro atoms. The fraction of sp³-hybridized carbons (Fsp3) is 0.381. The van der Waals surface area contributed by atoms with Crippen LogP contribution in [0.4, 0.5) is 11.5 Å². The maximum atomic E-state index is 12.3. The number of aryl methyl sites for hydroxylation is 1. The topological polar surface area (TPSA) is 82.5 Å². The van der Waals surface area contributed by atoms with Crippen molar-refractivity contribution in [3.63, 3.8) is 0 Å². The highest BCUT2D eigenvalue weighted by Gasteiger charge is 2.21. The number of rotatable bonds is 6. The van der Waals surface area contributed by atoms with E-state index in [0.29, 0.717) is 11.5 Å². The van der Waals surface area contributed by atoms with Gasteiger partial charge in [-0.2, -0.15) is 0 Å². The second-order valence-corrected chi connectivity index (χ2v) is 7.09. The van der Waals surface area contributed by atoms with Crippen molar-refractivity contribution in [2.24, 2.45) is 5.92 Å². The standard InChI is InChI=1S/C21H25N3O3/c1-15-2-6-18(7-3-15)23-21(27)17-5-8-19(22-14-17)24-12-10-16(11-13-24)4-9-20(25)26/h2-3,5-8,14,16H,4,9-13H2,1H3,(H,23,27)(H,25,26). The zero-order valence-electron chi connectivity index (χ0n) is 15.5. The Balaban J connectivity index is 1.53. The van der Waals surface area contributed by atoms with Crippen LogP contribution < -0.4 is 10.2 Å². The van der Waals surface area contributed by atoms with E-state index in [0.717, 1.165) is 49.4 Å². The third-order valence-corrected chi connectivity index (χ3v) is 5.02. The first kappa shape index (κ1) is 18.9. The molecular weight excluding hydrogens is 342 g/mol. The van der Waals surface area contributed by atoms with Crippen molar-refractivity contribution in [1.29, 1.82) is 0 Å². The van der Waals surface area contributed by atoms with Crippen LogP contribution in [0.5, 0.6) is 0 Å². The van der Waals surface area contributed by atoms with Crippen molar-refractivity contribution in [3.05, 3.63) is 53.7 Å². The number of benzene rings is 1. The average molecular weight is 367 g/mol. The summed E-state index contributed by atoms with van der Waals surface area (Å²) in [6, 6.07) is 11.3. The van der Waals surface area contributed by atoms with E-state index in [1.54, 1.807) is 12.3 Å². The lowest BCUT2D eigenvalue weighted by molar-refractivity contribution is -0.137. The number of piperidine rings is 1. The van der Waals surface area contributed by atoms with Gasteiger partial charge >= 0.3 is 5.97 Å². The highest BCUT2D eigenvalue weighted by molar-refractivity contribution is 6.04. The molecule has 2 aromatic rings. The lowest BCUT2D eigenvalue weighted by Crippen LogP contribution is -2.34. The molecule has 1 saturated heterocycles. The number of anilines is 2. The molecule has 1 fully saturated rings. The molecule has 142 valence electrons. The van der Waals surface area contributed by atoms with E-state index in [2.05, 4.69) is 15.2 Å². The summed E-state index contributed by atoms with van der Waals surface area (Å²) in [7, 11) is 0. The zero-order chi connectivity index (χ0) is 19.2. The molecule has 3 rings (SSSR count). The molecule has 1 amide bonds. The summed E-state index contributed by atoms with van der Waals surface area (Å²) in [5.41, 5.74) is 2.43. The Hall–Kier alpha value is -2.89. The van der Waals surface area contributed by atoms with Gasteiger partial charge in [-0.15, -0.1) is 0 Å². The molecule has 2 N–H and O–H groups in total. The van der Waals surface area contributed by atoms with E-state index in [1.165, 1.54) is 0 Å². The molecular formula is C21H25N3O3. The van der Waals surface area contributed by atoms with Gasteiger partial charge in [0.2, 0.25) is 0 Å². The minimum absolute atomic E-state index is 0.176. The van der Waals surface area contributed by atoms with Gasteiger partial charge in [0.05, 0.1) is 5.56 Å². The number of nitrogens with zero attached hydrogens (tertiary/aromatic N) is 2. The van der Waals surface area contributed by atoms with Crippen LogP contribution in [-0.2, 0) is 4.79 Å². The van der Waals surface area contributed by atoms with Gasteiger partial charge in [-0.25, -0.2) is 4.98 Å². The molecule has 0 aliphatic carbocycles. The Labute approximate surface area is 159 Å². The van der Waals surface area contributed by atoms with Crippen molar-refractivity contribution < 1.29 is 14.7 Å². The Morgan fingerprint density at radius 3 is 2.44 bits per heavy atom. The summed E-state index contributed by atoms with van der Waals surface area (Å²) < 4.78 is 0. The number of aliphatic carboxylic acids is 1. The van der Waals surface area contributed by atoms with Gasteiger partial charge in [0.1, 0.15) is 5.82 Å². The minimum Gasteiger partial charge on any atom is -0.481 e. The first-order valence-electron chi connectivity index (χ1n) is 9.32. The van der Waals surface area contributed by atoms with E-state index < -0.39 is 5.97 Å². The predicted molar refractivity (Wildman–Crippen MR) is 105 cm³/mol. The van der Waals surface area contributed by atoms with Crippen molar-refractivity contribution >= 4 is 23.4 Å². The number of pyridine rings is 1. The van der Waals surface area contributed by atoms with Gasteiger partial charge in [-0.1, -0.05) is 17.7 Å². The molecule has 1 aromatic carbocycles. The molecule has 1 aliphatic heterocycles. The van der Waals surface area contributed by atoms with Crippen LogP contribution in [0.2, 0.25) is 0 Å². The summed E-state index contributed by atoms with van der Waals surface area (Å²) in [5, 5.41) is 11.7. The van der Waals surface area contributed by atoms with Crippen molar-refractivity contribution in [1.82, 2.24) is 4.98 Å². The lowest BCUT2D eigenvalue weighted by atomic mass is 9.92. The highest BCUT2D eigenvalue weighted by Crippen LogP contribution is 2.25. The summed E-state index contributed by atoms with van der Waals surface area (Å²) in [4.78, 5) is 29.7. The largest absolute Gasteiger partial charge is 0.481 e. The van der Waals surface area contributed by atoms with E-state index >= 15 is 0 Å². The number of carbonyl (C=O) groups excluding carboxylic acids is 1. The molecule has 0 saturated carbocycles. The normalized spacial score (nSPS) is 14.8. The van der Waals surface area contributed by atoms with Gasteiger partial charge in [0.15, 0.2) is 0 Å². The first-order chi connectivity index (χ1) is 13.0. The van der Waals surface area contributed by atoms with Crippen LogP contribution in [-0.4, -0.2) is 35.1 Å². The summed E-state index contributed by atoms with van der Waals surface area (Å²) in [6.45, 7) is 3.74. The fourth-order valence-corrected chi connectivity index (χ4v) is 3.33. The monoisotopic (exact) mass is 367 g/mol. The van der Waals surface area contributed by atoms with Crippen LogP contribution in [0.3, 0.4) is 0 Å². The molecule has 6 heteroatoms. The molecule has 0 unspecified atom stereocenters. The van der Waals surface area contributed by atoms with E-state index in [9.17, 15) is 9.59 Å². The second-order valence-electron chi connectivity index (χ2n) is 7.09. The van der Waals surface area contributed by atoms with Crippen LogP contribution >= 0.6 is 0 Å². The Morgan fingerprint density at radius 2 is 1.85 bits per heavy atom. The summed E-state index contributed by atoms with van der Waals surface area (Å²) in [6.07, 6.45) is 4.55. The highest BCUT2D eigenvalue weighted by atomic mass is 16.4. The molecule has 6 nitrogen and oxygen atoms in total. The fourth-order valence-electron chi connectivity index (χ4n) is 3.33.